The molecule has 1 amide bonds. The first-order valence-electron chi connectivity index (χ1n) is 5.22. The van der Waals surface area contributed by atoms with E-state index in [2.05, 4.69) is 5.32 Å². The molecule has 90 valence electrons. The van der Waals surface area contributed by atoms with Gasteiger partial charge in [0.2, 0.25) is 5.91 Å². The van der Waals surface area contributed by atoms with Gasteiger partial charge in [-0.2, -0.15) is 0 Å². The van der Waals surface area contributed by atoms with E-state index in [-0.39, 0.29) is 12.5 Å². The van der Waals surface area contributed by atoms with E-state index >= 15 is 0 Å². The van der Waals surface area contributed by atoms with Crippen LogP contribution in [0.1, 0.15) is 13.8 Å². The van der Waals surface area contributed by atoms with Crippen molar-refractivity contribution in [3.8, 4) is 0 Å². The Morgan fingerprint density at radius 1 is 1.53 bits per heavy atom. The predicted octanol–water partition coefficient (Wildman–Crippen LogP) is -0.548. The summed E-state index contributed by atoms with van der Waals surface area (Å²) in [6.45, 7) is 6.07. The number of nitrogens with one attached hydrogen (secondary N) is 1. The highest BCUT2D eigenvalue weighted by atomic mass is 16.5. The summed E-state index contributed by atoms with van der Waals surface area (Å²) < 4.78 is 4.97. The third kappa shape index (κ3) is 7.30. The van der Waals surface area contributed by atoms with Crippen LogP contribution in [0.2, 0.25) is 0 Å². The summed E-state index contributed by atoms with van der Waals surface area (Å²) in [6.07, 6.45) is 0. The molecule has 0 aliphatic carbocycles. The molecule has 0 atom stereocenters. The largest absolute Gasteiger partial charge is 0.395 e. The molecular weight excluding hydrogens is 196 g/mol. The summed E-state index contributed by atoms with van der Waals surface area (Å²) >= 11 is 0. The third-order valence-electron chi connectivity index (χ3n) is 2.09. The monoisotopic (exact) mass is 218 g/mol. The summed E-state index contributed by atoms with van der Waals surface area (Å²) in [4.78, 5) is 13.4. The van der Waals surface area contributed by atoms with E-state index in [1.807, 2.05) is 18.7 Å². The zero-order valence-electron chi connectivity index (χ0n) is 9.82. The summed E-state index contributed by atoms with van der Waals surface area (Å²) in [7, 11) is 1.64. The Morgan fingerprint density at radius 2 is 2.20 bits per heavy atom. The van der Waals surface area contributed by atoms with Gasteiger partial charge in [-0.3, -0.25) is 9.69 Å². The molecule has 0 radical (unpaired) electrons. The lowest BCUT2D eigenvalue weighted by atomic mass is 10.3. The van der Waals surface area contributed by atoms with Crippen molar-refractivity contribution in [2.24, 2.45) is 0 Å². The lowest BCUT2D eigenvalue weighted by molar-refractivity contribution is -0.123. The van der Waals surface area contributed by atoms with Gasteiger partial charge in [0, 0.05) is 26.2 Å². The minimum atomic E-state index is -0.0612. The van der Waals surface area contributed by atoms with Crippen molar-refractivity contribution in [3.63, 3.8) is 0 Å². The van der Waals surface area contributed by atoms with Crippen LogP contribution in [-0.4, -0.2) is 61.9 Å². The first kappa shape index (κ1) is 14.3. The van der Waals surface area contributed by atoms with Gasteiger partial charge in [0.05, 0.1) is 19.8 Å². The summed E-state index contributed by atoms with van der Waals surface area (Å²) in [5.74, 6) is -0.0612. The highest BCUT2D eigenvalue weighted by molar-refractivity contribution is 5.78. The van der Waals surface area contributed by atoms with Gasteiger partial charge in [-0.1, -0.05) is 0 Å². The molecule has 0 aliphatic heterocycles. The van der Waals surface area contributed by atoms with Crippen LogP contribution in [0.4, 0.5) is 0 Å². The first-order valence-corrected chi connectivity index (χ1v) is 5.22. The smallest absolute Gasteiger partial charge is 0.234 e. The minimum absolute atomic E-state index is 0.0223. The van der Waals surface area contributed by atoms with E-state index < -0.39 is 0 Å². The average Bonchev–Trinajstić information content (AvgIpc) is 2.20. The molecule has 0 aromatic heterocycles. The van der Waals surface area contributed by atoms with Gasteiger partial charge >= 0.3 is 0 Å². The van der Waals surface area contributed by atoms with E-state index in [0.29, 0.717) is 25.7 Å². The van der Waals surface area contributed by atoms with Gasteiger partial charge in [0.25, 0.3) is 0 Å². The number of ether oxygens (including phenoxy) is 1. The predicted molar refractivity (Wildman–Crippen MR) is 58.7 cm³/mol. The number of nitrogens with zero attached hydrogens (tertiary/aromatic N) is 1. The molecule has 0 rings (SSSR count). The Labute approximate surface area is 91.4 Å². The third-order valence-corrected chi connectivity index (χ3v) is 2.09. The summed E-state index contributed by atoms with van der Waals surface area (Å²) in [6, 6.07) is 0.306. The Morgan fingerprint density at radius 3 is 2.67 bits per heavy atom. The van der Waals surface area contributed by atoms with Gasteiger partial charge in [0.15, 0.2) is 0 Å². The SMILES string of the molecule is COCCN(CC(=O)NCCO)C(C)C. The van der Waals surface area contributed by atoms with Crippen molar-refractivity contribution in [2.75, 3.05) is 40.0 Å². The van der Waals surface area contributed by atoms with E-state index in [0.717, 1.165) is 6.54 Å². The van der Waals surface area contributed by atoms with Crippen LogP contribution < -0.4 is 5.32 Å². The zero-order chi connectivity index (χ0) is 11.7. The Hall–Kier alpha value is -0.650. The molecule has 0 bridgehead atoms. The van der Waals surface area contributed by atoms with Crippen molar-refractivity contribution in [1.82, 2.24) is 10.2 Å². The quantitative estimate of drug-likeness (QED) is 0.574. The lowest BCUT2D eigenvalue weighted by Gasteiger charge is -2.25. The molecule has 0 aromatic rings. The minimum Gasteiger partial charge on any atom is -0.395 e. The molecular formula is C10H22N2O3. The number of aliphatic hydroxyl groups is 1. The molecule has 0 aromatic carbocycles. The zero-order valence-corrected chi connectivity index (χ0v) is 9.82. The molecule has 0 heterocycles. The molecule has 0 unspecified atom stereocenters. The van der Waals surface area contributed by atoms with Crippen LogP contribution in [0, 0.1) is 0 Å². The summed E-state index contributed by atoms with van der Waals surface area (Å²) in [5.41, 5.74) is 0. The topological polar surface area (TPSA) is 61.8 Å². The first-order chi connectivity index (χ1) is 7.11. The lowest BCUT2D eigenvalue weighted by Crippen LogP contribution is -2.42. The maximum atomic E-state index is 11.4. The maximum absolute atomic E-state index is 11.4. The second-order valence-electron chi connectivity index (χ2n) is 3.63. The van der Waals surface area contributed by atoms with Crippen LogP contribution in [0.15, 0.2) is 0 Å². The molecule has 0 aliphatic rings. The van der Waals surface area contributed by atoms with E-state index in [4.69, 9.17) is 9.84 Å². The normalized spacial score (nSPS) is 11.1. The molecule has 0 spiro atoms. The number of hydrogen-bond acceptors (Lipinski definition) is 4. The van der Waals surface area contributed by atoms with Crippen molar-refractivity contribution in [2.45, 2.75) is 19.9 Å². The average molecular weight is 218 g/mol. The van der Waals surface area contributed by atoms with Crippen LogP contribution >= 0.6 is 0 Å². The highest BCUT2D eigenvalue weighted by Crippen LogP contribution is 1.96. The molecule has 5 nitrogen and oxygen atoms in total. The van der Waals surface area contributed by atoms with Gasteiger partial charge < -0.3 is 15.2 Å². The second kappa shape index (κ2) is 8.64. The molecule has 5 heteroatoms. The Kier molecular flexibility index (Phi) is 8.27. The van der Waals surface area contributed by atoms with Gasteiger partial charge in [-0.05, 0) is 13.8 Å². The van der Waals surface area contributed by atoms with E-state index in [1.165, 1.54) is 0 Å². The number of amides is 1. The van der Waals surface area contributed by atoms with E-state index in [9.17, 15) is 4.79 Å². The van der Waals surface area contributed by atoms with Crippen molar-refractivity contribution >= 4 is 5.91 Å². The fourth-order valence-corrected chi connectivity index (χ4v) is 1.16. The van der Waals surface area contributed by atoms with Crippen LogP contribution in [0.5, 0.6) is 0 Å². The van der Waals surface area contributed by atoms with E-state index in [1.54, 1.807) is 7.11 Å². The second-order valence-corrected chi connectivity index (χ2v) is 3.63. The number of hydrogen-bond donors (Lipinski definition) is 2. The van der Waals surface area contributed by atoms with Crippen LogP contribution in [0.25, 0.3) is 0 Å². The Balaban J connectivity index is 3.87. The van der Waals surface area contributed by atoms with Crippen molar-refractivity contribution in [1.29, 1.82) is 0 Å². The fraction of sp³-hybridized carbons (Fsp3) is 0.900. The number of carbonyl (C=O) groups is 1. The molecule has 0 saturated carbocycles. The van der Waals surface area contributed by atoms with Gasteiger partial charge in [-0.15, -0.1) is 0 Å². The molecule has 2 N–H and O–H groups in total. The van der Waals surface area contributed by atoms with Gasteiger partial charge in [0.1, 0.15) is 0 Å². The number of rotatable bonds is 8. The van der Waals surface area contributed by atoms with Gasteiger partial charge in [-0.25, -0.2) is 0 Å². The van der Waals surface area contributed by atoms with Crippen LogP contribution in [0.3, 0.4) is 0 Å². The highest BCUT2D eigenvalue weighted by Gasteiger charge is 2.12. The number of carbonyl (C=O) groups excluding carboxylic acids is 1. The van der Waals surface area contributed by atoms with Crippen LogP contribution in [-0.2, 0) is 9.53 Å². The van der Waals surface area contributed by atoms with Crippen molar-refractivity contribution in [3.05, 3.63) is 0 Å². The summed E-state index contributed by atoms with van der Waals surface area (Å²) in [5, 5.41) is 11.2. The fourth-order valence-electron chi connectivity index (χ4n) is 1.16. The number of methoxy groups -OCH3 is 1. The van der Waals surface area contributed by atoms with Crippen molar-refractivity contribution < 1.29 is 14.6 Å². The molecule has 15 heavy (non-hydrogen) atoms. The Bertz CT molecular complexity index is 174. The maximum Gasteiger partial charge on any atom is 0.234 e. The molecule has 0 saturated heterocycles. The number of aliphatic hydroxyl groups excluding tert-OH is 1. The molecule has 0 fully saturated rings. The standard InChI is InChI=1S/C10H22N2O3/c1-9(2)12(5-7-15-3)8-10(14)11-4-6-13/h9,13H,4-8H2,1-3H3,(H,11,14).